The average molecular weight is 341 g/mol. The second kappa shape index (κ2) is 12.6. The smallest absolute Gasteiger partial charge is 0.139 e. The highest BCUT2D eigenvalue weighted by Crippen LogP contribution is 2.34. The molecule has 4 heteroatoms. The van der Waals surface area contributed by atoms with Gasteiger partial charge >= 0.3 is 0 Å². The van der Waals surface area contributed by atoms with Crippen LogP contribution in [0.2, 0.25) is 0 Å². The Bertz CT molecular complexity index is 367. The monoisotopic (exact) mass is 340 g/mol. The Morgan fingerprint density at radius 2 is 1.83 bits per heavy atom. The van der Waals surface area contributed by atoms with Gasteiger partial charge < -0.3 is 15.3 Å². The summed E-state index contributed by atoms with van der Waals surface area (Å²) in [6.45, 7) is 2.39. The number of aliphatic hydroxyl groups excluding tert-OH is 3. The van der Waals surface area contributed by atoms with Gasteiger partial charge in [0.25, 0.3) is 0 Å². The van der Waals surface area contributed by atoms with Crippen molar-refractivity contribution in [2.24, 2.45) is 11.8 Å². The maximum Gasteiger partial charge on any atom is 0.139 e. The van der Waals surface area contributed by atoms with E-state index in [1.165, 1.54) is 0 Å². The Morgan fingerprint density at radius 1 is 1.12 bits per heavy atom. The van der Waals surface area contributed by atoms with Crippen molar-refractivity contribution in [3.63, 3.8) is 0 Å². The molecular weight excluding hydrogens is 304 g/mol. The van der Waals surface area contributed by atoms with Crippen LogP contribution in [0.15, 0.2) is 12.2 Å². The number of aliphatic hydroxyl groups is 3. The van der Waals surface area contributed by atoms with Gasteiger partial charge in [0.05, 0.1) is 12.2 Å². The lowest BCUT2D eigenvalue weighted by atomic mass is 9.88. The predicted molar refractivity (Wildman–Crippen MR) is 96.7 cm³/mol. The molecule has 0 heterocycles. The lowest BCUT2D eigenvalue weighted by molar-refractivity contribution is -0.121. The molecule has 0 aromatic carbocycles. The fourth-order valence-electron chi connectivity index (χ4n) is 3.55. The molecule has 1 rings (SSSR count). The maximum atomic E-state index is 12.1. The molecule has 0 spiro atoms. The van der Waals surface area contributed by atoms with Crippen molar-refractivity contribution >= 4 is 5.78 Å². The van der Waals surface area contributed by atoms with Gasteiger partial charge in [-0.3, -0.25) is 4.79 Å². The molecule has 0 bridgehead atoms. The second-order valence-electron chi connectivity index (χ2n) is 7.15. The minimum Gasteiger partial charge on any atom is -0.396 e. The van der Waals surface area contributed by atoms with Gasteiger partial charge in [-0.2, -0.15) is 0 Å². The zero-order valence-electron chi connectivity index (χ0n) is 15.2. The summed E-state index contributed by atoms with van der Waals surface area (Å²) in [5.41, 5.74) is 0. The van der Waals surface area contributed by atoms with Gasteiger partial charge in [0.1, 0.15) is 5.78 Å². The number of carbonyl (C=O) groups is 1. The summed E-state index contributed by atoms with van der Waals surface area (Å²) in [7, 11) is 0. The molecule has 0 saturated heterocycles. The Morgan fingerprint density at radius 3 is 2.54 bits per heavy atom. The number of carbonyl (C=O) groups excluding carboxylic acids is 1. The number of unbranched alkanes of at least 4 members (excludes halogenated alkanes) is 6. The molecule has 0 amide bonds. The molecule has 0 radical (unpaired) electrons. The van der Waals surface area contributed by atoms with Crippen LogP contribution in [0.3, 0.4) is 0 Å². The summed E-state index contributed by atoms with van der Waals surface area (Å²) in [5, 5.41) is 28.9. The zero-order chi connectivity index (χ0) is 17.8. The first-order valence-corrected chi connectivity index (χ1v) is 9.78. The van der Waals surface area contributed by atoms with Gasteiger partial charge in [0.2, 0.25) is 0 Å². The third-order valence-corrected chi connectivity index (χ3v) is 5.06. The quantitative estimate of drug-likeness (QED) is 0.355. The molecular formula is C20H36O4. The summed E-state index contributed by atoms with van der Waals surface area (Å²) >= 11 is 0. The van der Waals surface area contributed by atoms with Gasteiger partial charge in [0, 0.05) is 24.9 Å². The van der Waals surface area contributed by atoms with Crippen LogP contribution < -0.4 is 0 Å². The SMILES string of the molecule is CCCCCC(O)/C=C/C1C(O)CC(=O)C1CCCCCCCO. The first-order valence-electron chi connectivity index (χ1n) is 9.78. The van der Waals surface area contributed by atoms with E-state index < -0.39 is 12.2 Å². The summed E-state index contributed by atoms with van der Waals surface area (Å²) in [4.78, 5) is 12.1. The molecule has 1 saturated carbocycles. The van der Waals surface area contributed by atoms with E-state index in [9.17, 15) is 15.0 Å². The van der Waals surface area contributed by atoms with Crippen LogP contribution in [0.1, 0.15) is 77.6 Å². The summed E-state index contributed by atoms with van der Waals surface area (Å²) in [5.74, 6) is -0.0827. The van der Waals surface area contributed by atoms with Gasteiger partial charge in [-0.25, -0.2) is 0 Å². The van der Waals surface area contributed by atoms with Crippen molar-refractivity contribution in [1.29, 1.82) is 0 Å². The predicted octanol–water partition coefficient (Wildman–Crippen LogP) is 3.38. The summed E-state index contributed by atoms with van der Waals surface area (Å²) in [6.07, 6.45) is 12.7. The minimum atomic E-state index is -0.601. The highest BCUT2D eigenvalue weighted by Gasteiger charge is 2.39. The van der Waals surface area contributed by atoms with Crippen molar-refractivity contribution in [2.45, 2.75) is 89.8 Å². The Hall–Kier alpha value is -0.710. The number of hydrogen-bond donors (Lipinski definition) is 3. The van der Waals surface area contributed by atoms with Crippen molar-refractivity contribution < 1.29 is 20.1 Å². The fourth-order valence-corrected chi connectivity index (χ4v) is 3.55. The molecule has 4 atom stereocenters. The molecule has 0 aromatic rings. The first-order chi connectivity index (χ1) is 11.6. The molecule has 0 aromatic heterocycles. The minimum absolute atomic E-state index is 0.100. The first kappa shape index (κ1) is 21.3. The molecule has 24 heavy (non-hydrogen) atoms. The van der Waals surface area contributed by atoms with Crippen molar-refractivity contribution in [1.82, 2.24) is 0 Å². The van der Waals surface area contributed by atoms with Crippen LogP contribution in [0, 0.1) is 11.8 Å². The number of ketones is 1. The third-order valence-electron chi connectivity index (χ3n) is 5.06. The van der Waals surface area contributed by atoms with Crippen molar-refractivity contribution in [3.05, 3.63) is 12.2 Å². The third kappa shape index (κ3) is 7.91. The van der Waals surface area contributed by atoms with E-state index in [0.29, 0.717) is 0 Å². The van der Waals surface area contributed by atoms with E-state index in [1.54, 1.807) is 6.08 Å². The van der Waals surface area contributed by atoms with Crippen LogP contribution in [-0.2, 0) is 4.79 Å². The van der Waals surface area contributed by atoms with Crippen LogP contribution in [0.5, 0.6) is 0 Å². The van der Waals surface area contributed by atoms with Crippen LogP contribution in [-0.4, -0.2) is 39.9 Å². The number of Topliss-reactive ketones (excluding diaryl/α,β-unsaturated/α-hetero) is 1. The largest absolute Gasteiger partial charge is 0.396 e. The van der Waals surface area contributed by atoms with E-state index in [-0.39, 0.29) is 30.6 Å². The molecule has 1 aliphatic carbocycles. The van der Waals surface area contributed by atoms with Gasteiger partial charge in [0.15, 0.2) is 0 Å². The second-order valence-corrected chi connectivity index (χ2v) is 7.15. The van der Waals surface area contributed by atoms with Gasteiger partial charge in [-0.1, -0.05) is 64.0 Å². The molecule has 4 nitrogen and oxygen atoms in total. The van der Waals surface area contributed by atoms with Crippen LogP contribution in [0.4, 0.5) is 0 Å². The standard InChI is InChI=1S/C20H36O4/c1-2-3-7-10-16(22)12-13-18-17(19(23)15-20(18)24)11-8-5-4-6-9-14-21/h12-13,16-18,20-22,24H,2-11,14-15H2,1H3/b13-12+. The lowest BCUT2D eigenvalue weighted by Crippen LogP contribution is -2.19. The van der Waals surface area contributed by atoms with Gasteiger partial charge in [-0.15, -0.1) is 0 Å². The molecule has 3 N–H and O–H groups in total. The van der Waals surface area contributed by atoms with E-state index in [4.69, 9.17) is 5.11 Å². The van der Waals surface area contributed by atoms with E-state index in [0.717, 1.165) is 64.2 Å². The van der Waals surface area contributed by atoms with Crippen LogP contribution >= 0.6 is 0 Å². The fraction of sp³-hybridized carbons (Fsp3) is 0.850. The van der Waals surface area contributed by atoms with E-state index in [1.807, 2.05) is 6.08 Å². The highest BCUT2D eigenvalue weighted by atomic mass is 16.3. The molecule has 4 unspecified atom stereocenters. The Kier molecular flexibility index (Phi) is 11.2. The van der Waals surface area contributed by atoms with E-state index >= 15 is 0 Å². The molecule has 1 fully saturated rings. The lowest BCUT2D eigenvalue weighted by Gasteiger charge is -2.18. The summed E-state index contributed by atoms with van der Waals surface area (Å²) < 4.78 is 0. The average Bonchev–Trinajstić information content (AvgIpc) is 2.82. The summed E-state index contributed by atoms with van der Waals surface area (Å²) in [6, 6.07) is 0. The molecule has 140 valence electrons. The number of hydrogen-bond acceptors (Lipinski definition) is 4. The van der Waals surface area contributed by atoms with Crippen molar-refractivity contribution in [3.8, 4) is 0 Å². The Balaban J connectivity index is 2.40. The van der Waals surface area contributed by atoms with Crippen LogP contribution in [0.25, 0.3) is 0 Å². The molecule has 0 aliphatic heterocycles. The highest BCUT2D eigenvalue weighted by molar-refractivity contribution is 5.84. The van der Waals surface area contributed by atoms with Gasteiger partial charge in [-0.05, 0) is 19.3 Å². The normalized spacial score (nSPS) is 25.7. The Labute approximate surface area is 147 Å². The zero-order valence-corrected chi connectivity index (χ0v) is 15.2. The topological polar surface area (TPSA) is 77.8 Å². The number of rotatable bonds is 13. The molecule has 1 aliphatic rings. The van der Waals surface area contributed by atoms with E-state index in [2.05, 4.69) is 6.92 Å². The maximum absolute atomic E-state index is 12.1. The van der Waals surface area contributed by atoms with Crippen molar-refractivity contribution in [2.75, 3.05) is 6.61 Å².